The van der Waals surface area contributed by atoms with Crippen molar-refractivity contribution >= 4 is 17.3 Å². The molecule has 4 rings (SSSR count). The summed E-state index contributed by atoms with van der Waals surface area (Å²) in [6.45, 7) is 1.72. The molecule has 1 amide bonds. The molecule has 0 bridgehead atoms. The number of halogens is 3. The molecular weight excluding hydrogens is 412 g/mol. The van der Waals surface area contributed by atoms with Gasteiger partial charge in [-0.25, -0.2) is 9.38 Å². The molecule has 1 saturated carbocycles. The van der Waals surface area contributed by atoms with Gasteiger partial charge in [-0.15, -0.1) is 0 Å². The van der Waals surface area contributed by atoms with Crippen LogP contribution >= 0.6 is 0 Å². The fourth-order valence-electron chi connectivity index (χ4n) is 4.10. The van der Waals surface area contributed by atoms with Crippen molar-refractivity contribution in [3.63, 3.8) is 0 Å². The molecule has 2 atom stereocenters. The lowest BCUT2D eigenvalue weighted by molar-refractivity contribution is -0.378. The maximum absolute atomic E-state index is 13.1. The Hall–Kier alpha value is -1.95. The van der Waals surface area contributed by atoms with Crippen molar-refractivity contribution in [3.8, 4) is 11.1 Å². The smallest absolute Gasteiger partial charge is 0.266 e. The Bertz CT molecular complexity index is 886. The zero-order valence-corrected chi connectivity index (χ0v) is 17.6. The highest BCUT2D eigenvalue weighted by Crippen LogP contribution is 2.32. The number of benzene rings is 2. The fraction of sp³-hybridized carbons (Fsp3) is 0.364. The highest BCUT2D eigenvalue weighted by molar-refractivity contribution is 6.40. The number of hydrogen-bond donors (Lipinski definition) is 2. The molecule has 156 valence electrons. The largest absolute Gasteiger partial charge is 1.00 e. The van der Waals surface area contributed by atoms with Crippen LogP contribution < -0.4 is 35.9 Å². The summed E-state index contributed by atoms with van der Waals surface area (Å²) in [4.78, 5) is 17.1. The lowest BCUT2D eigenvalue weighted by Crippen LogP contribution is -3.00. The van der Waals surface area contributed by atoms with E-state index in [1.807, 2.05) is 18.2 Å². The second-order valence-electron chi connectivity index (χ2n) is 7.63. The lowest BCUT2D eigenvalue weighted by Gasteiger charge is -2.11. The average Bonchev–Trinajstić information content (AvgIpc) is 3.32. The number of rotatable bonds is 5. The van der Waals surface area contributed by atoms with Crippen molar-refractivity contribution in [1.29, 1.82) is 0 Å². The van der Waals surface area contributed by atoms with Gasteiger partial charge in [0.1, 0.15) is 11.5 Å². The molecule has 0 unspecified atom stereocenters. The zero-order valence-electron chi connectivity index (χ0n) is 16.1. The van der Waals surface area contributed by atoms with Gasteiger partial charge in [-0.2, -0.15) is 0 Å². The highest BCUT2D eigenvalue weighted by atomic mass is 35.5. The predicted octanol–water partition coefficient (Wildman–Crippen LogP) is -3.10. The first kappa shape index (κ1) is 23.3. The summed E-state index contributed by atoms with van der Waals surface area (Å²) >= 11 is 0. The van der Waals surface area contributed by atoms with Gasteiger partial charge in [-0.05, 0) is 60.1 Å². The van der Waals surface area contributed by atoms with E-state index in [1.165, 1.54) is 25.0 Å². The molecule has 1 fully saturated rings. The van der Waals surface area contributed by atoms with Crippen molar-refractivity contribution in [2.45, 2.75) is 25.7 Å². The van der Waals surface area contributed by atoms with Crippen LogP contribution in [-0.4, -0.2) is 24.7 Å². The Morgan fingerprint density at radius 1 is 1.07 bits per heavy atom. The van der Waals surface area contributed by atoms with Crippen LogP contribution in [0.1, 0.15) is 24.8 Å². The van der Waals surface area contributed by atoms with Crippen LogP contribution in [0.5, 0.6) is 0 Å². The van der Waals surface area contributed by atoms with Gasteiger partial charge in [0.15, 0.2) is 0 Å². The standard InChI is InChI=1S/C22H24FN3O.2ClH/c23-19-7-5-16(6-8-19)17-3-4-18-11-21(26-20(18)10-17)22(27)25-13-15-2-1-14(9-15)12-24;;/h3-8,10,14-15H,1-2,9,11-13,24H2,(H,25,27);2*1H/p-1/t14-,15+;;/m1../s1. The van der Waals surface area contributed by atoms with Crippen LogP contribution in [0.3, 0.4) is 0 Å². The van der Waals surface area contributed by atoms with Gasteiger partial charge in [0.2, 0.25) is 0 Å². The molecule has 2 aromatic rings. The molecular formula is C22H25Cl2FN3O-. The fourth-order valence-corrected chi connectivity index (χ4v) is 4.10. The van der Waals surface area contributed by atoms with Gasteiger partial charge < -0.3 is 35.9 Å². The third-order valence-corrected chi connectivity index (χ3v) is 5.75. The lowest BCUT2D eigenvalue weighted by atomic mass is 10.0. The van der Waals surface area contributed by atoms with Crippen molar-refractivity contribution in [3.05, 3.63) is 53.8 Å². The number of quaternary nitrogens is 1. The van der Waals surface area contributed by atoms with E-state index in [-0.39, 0.29) is 36.5 Å². The topological polar surface area (TPSA) is 69.1 Å². The monoisotopic (exact) mass is 436 g/mol. The first-order valence-electron chi connectivity index (χ1n) is 9.66. The molecule has 1 aliphatic heterocycles. The number of carbonyl (C=O) groups is 1. The molecule has 4 nitrogen and oxygen atoms in total. The van der Waals surface area contributed by atoms with E-state index >= 15 is 0 Å². The zero-order chi connectivity index (χ0) is 18.8. The second kappa shape index (κ2) is 10.2. The van der Waals surface area contributed by atoms with Crippen LogP contribution in [0.15, 0.2) is 47.5 Å². The first-order valence-corrected chi connectivity index (χ1v) is 9.66. The van der Waals surface area contributed by atoms with Gasteiger partial charge in [0.05, 0.1) is 12.2 Å². The van der Waals surface area contributed by atoms with Crippen LogP contribution in [-0.2, 0) is 11.2 Å². The first-order chi connectivity index (χ1) is 13.1. The predicted molar refractivity (Wildman–Crippen MR) is 104 cm³/mol. The van der Waals surface area contributed by atoms with Gasteiger partial charge >= 0.3 is 0 Å². The van der Waals surface area contributed by atoms with E-state index < -0.39 is 0 Å². The number of hydrogen-bond acceptors (Lipinski definition) is 2. The van der Waals surface area contributed by atoms with Gasteiger partial charge in [-0.1, -0.05) is 24.3 Å². The van der Waals surface area contributed by atoms with E-state index in [9.17, 15) is 9.18 Å². The Morgan fingerprint density at radius 2 is 1.76 bits per heavy atom. The Kier molecular flexibility index (Phi) is 8.20. The normalized spacial score (nSPS) is 19.6. The van der Waals surface area contributed by atoms with E-state index in [1.54, 1.807) is 12.1 Å². The molecule has 0 aromatic heterocycles. The third kappa shape index (κ3) is 5.35. The van der Waals surface area contributed by atoms with E-state index in [0.717, 1.165) is 41.9 Å². The van der Waals surface area contributed by atoms with E-state index in [0.29, 0.717) is 24.0 Å². The van der Waals surface area contributed by atoms with Crippen LogP contribution in [0, 0.1) is 17.7 Å². The molecule has 0 saturated heterocycles. The van der Waals surface area contributed by atoms with E-state index in [2.05, 4.69) is 16.0 Å². The van der Waals surface area contributed by atoms with Crippen molar-refractivity contribution < 1.29 is 39.7 Å². The minimum atomic E-state index is -0.249. The molecule has 0 radical (unpaired) electrons. The Labute approximate surface area is 183 Å². The summed E-state index contributed by atoms with van der Waals surface area (Å²) in [5, 5.41) is 3.07. The molecule has 4 N–H and O–H groups in total. The Balaban J connectivity index is 0.00000150. The highest BCUT2D eigenvalue weighted by Gasteiger charge is 2.26. The Morgan fingerprint density at radius 3 is 2.45 bits per heavy atom. The molecule has 1 aliphatic carbocycles. The van der Waals surface area contributed by atoms with E-state index in [4.69, 9.17) is 0 Å². The summed E-state index contributed by atoms with van der Waals surface area (Å²) in [5.41, 5.74) is 8.38. The quantitative estimate of drug-likeness (QED) is 0.512. The number of amides is 1. The number of aliphatic imine (C=N–C) groups is 1. The molecule has 1 heterocycles. The summed E-state index contributed by atoms with van der Waals surface area (Å²) < 4.78 is 13.1. The van der Waals surface area contributed by atoms with Crippen molar-refractivity contribution in [1.82, 2.24) is 5.32 Å². The summed E-state index contributed by atoms with van der Waals surface area (Å²) in [6.07, 6.45) is 4.13. The summed E-state index contributed by atoms with van der Waals surface area (Å²) in [5.74, 6) is 0.966. The minimum absolute atomic E-state index is 0. The third-order valence-electron chi connectivity index (χ3n) is 5.75. The van der Waals surface area contributed by atoms with Gasteiger partial charge in [-0.3, -0.25) is 4.79 Å². The minimum Gasteiger partial charge on any atom is -1.00 e. The average molecular weight is 437 g/mol. The number of nitrogens with zero attached hydrogens (tertiary/aromatic N) is 1. The summed E-state index contributed by atoms with van der Waals surface area (Å²) in [6, 6.07) is 12.4. The molecule has 2 aromatic carbocycles. The second-order valence-corrected chi connectivity index (χ2v) is 7.63. The van der Waals surface area contributed by atoms with Gasteiger partial charge in [0.25, 0.3) is 5.91 Å². The van der Waals surface area contributed by atoms with Gasteiger partial charge in [0, 0.05) is 18.9 Å². The molecule has 7 heteroatoms. The van der Waals surface area contributed by atoms with Crippen molar-refractivity contribution in [2.75, 3.05) is 13.1 Å². The van der Waals surface area contributed by atoms with Crippen LogP contribution in [0.4, 0.5) is 10.1 Å². The van der Waals surface area contributed by atoms with Crippen LogP contribution in [0.2, 0.25) is 0 Å². The number of nitrogens with one attached hydrogen (secondary N) is 1. The molecule has 2 aliphatic rings. The maximum atomic E-state index is 13.1. The number of carbonyl (C=O) groups excluding carboxylic acids is 1. The summed E-state index contributed by atoms with van der Waals surface area (Å²) in [7, 11) is 0. The molecule has 0 spiro atoms. The van der Waals surface area contributed by atoms with Crippen LogP contribution in [0.25, 0.3) is 11.1 Å². The van der Waals surface area contributed by atoms with Crippen molar-refractivity contribution in [2.24, 2.45) is 16.8 Å². The SMILES string of the molecule is [Cl-].[Cl-].[NH3+]C[C@@H]1CC[C@H](CNC(=O)C2=Nc3cc(-c4ccc(F)cc4)ccc3C2)C1. The maximum Gasteiger partial charge on any atom is 0.266 e. The molecule has 29 heavy (non-hydrogen) atoms. The number of fused-ring (bicyclic) bond motifs is 1.